The number of hydrogen-bond acceptors (Lipinski definition) is 3. The summed E-state index contributed by atoms with van der Waals surface area (Å²) in [5, 5.41) is 14.1. The number of nitrogens with two attached hydrogens (primary N) is 1. The Morgan fingerprint density at radius 2 is 1.75 bits per heavy atom. The first kappa shape index (κ1) is 14.5. The van der Waals surface area contributed by atoms with Crippen molar-refractivity contribution in [1.82, 2.24) is 0 Å². The van der Waals surface area contributed by atoms with Crippen LogP contribution in [0.2, 0.25) is 5.02 Å². The lowest BCUT2D eigenvalue weighted by atomic mass is 10.0. The van der Waals surface area contributed by atoms with Gasteiger partial charge < -0.3 is 5.11 Å². The SMILES string of the molecule is NS(=O)(=O)c1cc(C(=O)O)c(Cl)cc1-c1ccccc1. The summed E-state index contributed by atoms with van der Waals surface area (Å²) in [5.41, 5.74) is 0.536. The van der Waals surface area contributed by atoms with E-state index < -0.39 is 16.0 Å². The zero-order chi connectivity index (χ0) is 14.9. The van der Waals surface area contributed by atoms with E-state index in [0.29, 0.717) is 5.56 Å². The number of aromatic carboxylic acids is 1. The summed E-state index contributed by atoms with van der Waals surface area (Å²) in [4.78, 5) is 10.8. The van der Waals surface area contributed by atoms with Gasteiger partial charge in [0.1, 0.15) is 0 Å². The number of carboxylic acids is 1. The minimum atomic E-state index is -4.08. The molecule has 0 aliphatic rings. The average Bonchev–Trinajstić information content (AvgIpc) is 2.37. The molecule has 3 N–H and O–H groups in total. The van der Waals surface area contributed by atoms with E-state index >= 15 is 0 Å². The number of carbonyl (C=O) groups is 1. The summed E-state index contributed by atoms with van der Waals surface area (Å²) in [6.07, 6.45) is 0. The third-order valence-electron chi connectivity index (χ3n) is 2.69. The Hall–Kier alpha value is -1.89. The molecular weight excluding hydrogens is 302 g/mol. The molecule has 0 spiro atoms. The second-order valence-corrected chi connectivity index (χ2v) is 5.98. The highest BCUT2D eigenvalue weighted by Gasteiger charge is 2.21. The highest BCUT2D eigenvalue weighted by Crippen LogP contribution is 2.32. The Kier molecular flexibility index (Phi) is 3.80. The molecule has 0 aromatic heterocycles. The third kappa shape index (κ3) is 2.82. The number of sulfonamides is 1. The molecule has 0 aliphatic carbocycles. The second kappa shape index (κ2) is 5.24. The van der Waals surface area contributed by atoms with Crippen molar-refractivity contribution in [3.8, 4) is 11.1 Å². The molecule has 0 atom stereocenters. The molecule has 2 aromatic rings. The lowest BCUT2D eigenvalue weighted by Gasteiger charge is -2.10. The molecule has 0 saturated carbocycles. The fourth-order valence-corrected chi connectivity index (χ4v) is 2.81. The van der Waals surface area contributed by atoms with Crippen molar-refractivity contribution in [2.24, 2.45) is 5.14 Å². The lowest BCUT2D eigenvalue weighted by molar-refractivity contribution is 0.0697. The number of carboxylic acid groups (broad SMARTS) is 1. The van der Waals surface area contributed by atoms with Crippen LogP contribution in [-0.4, -0.2) is 19.5 Å². The van der Waals surface area contributed by atoms with Crippen molar-refractivity contribution in [3.05, 3.63) is 53.1 Å². The minimum Gasteiger partial charge on any atom is -0.478 e. The van der Waals surface area contributed by atoms with Crippen LogP contribution in [-0.2, 0) is 10.0 Å². The van der Waals surface area contributed by atoms with Crippen LogP contribution in [0.4, 0.5) is 0 Å². The summed E-state index contributed by atoms with van der Waals surface area (Å²) < 4.78 is 23.3. The van der Waals surface area contributed by atoms with E-state index in [2.05, 4.69) is 0 Å². The Balaban J connectivity index is 2.81. The van der Waals surface area contributed by atoms with Crippen LogP contribution < -0.4 is 5.14 Å². The molecule has 0 fully saturated rings. The molecule has 0 saturated heterocycles. The molecule has 20 heavy (non-hydrogen) atoms. The van der Waals surface area contributed by atoms with E-state index in [9.17, 15) is 13.2 Å². The van der Waals surface area contributed by atoms with Gasteiger partial charge in [-0.2, -0.15) is 0 Å². The van der Waals surface area contributed by atoms with E-state index in [-0.39, 0.29) is 21.0 Å². The van der Waals surface area contributed by atoms with Crippen molar-refractivity contribution < 1.29 is 18.3 Å². The zero-order valence-corrected chi connectivity index (χ0v) is 11.6. The summed E-state index contributed by atoms with van der Waals surface area (Å²) in [5.74, 6) is -1.32. The molecule has 104 valence electrons. The summed E-state index contributed by atoms with van der Waals surface area (Å²) in [6, 6.07) is 10.8. The minimum absolute atomic E-state index is 0.0521. The van der Waals surface area contributed by atoms with E-state index in [0.717, 1.165) is 6.07 Å². The van der Waals surface area contributed by atoms with Crippen LogP contribution in [0.3, 0.4) is 0 Å². The highest BCUT2D eigenvalue weighted by atomic mass is 35.5. The summed E-state index contributed by atoms with van der Waals surface area (Å²) >= 11 is 5.88. The van der Waals surface area contributed by atoms with E-state index in [1.54, 1.807) is 30.3 Å². The molecule has 2 rings (SSSR count). The van der Waals surface area contributed by atoms with Crippen molar-refractivity contribution in [3.63, 3.8) is 0 Å². The smallest absolute Gasteiger partial charge is 0.337 e. The number of rotatable bonds is 3. The van der Waals surface area contributed by atoms with Gasteiger partial charge in [-0.1, -0.05) is 41.9 Å². The molecule has 0 heterocycles. The van der Waals surface area contributed by atoms with Gasteiger partial charge in [0, 0.05) is 5.56 Å². The van der Waals surface area contributed by atoms with E-state index in [1.807, 2.05) is 0 Å². The Bertz CT molecular complexity index is 772. The Morgan fingerprint density at radius 1 is 1.15 bits per heavy atom. The van der Waals surface area contributed by atoms with Crippen LogP contribution in [0.5, 0.6) is 0 Å². The molecule has 0 amide bonds. The van der Waals surface area contributed by atoms with Crippen molar-refractivity contribution >= 4 is 27.6 Å². The number of halogens is 1. The molecule has 0 aliphatic heterocycles. The monoisotopic (exact) mass is 311 g/mol. The first-order valence-corrected chi connectivity index (χ1v) is 7.38. The fourth-order valence-electron chi connectivity index (χ4n) is 1.80. The van der Waals surface area contributed by atoms with Gasteiger partial charge in [0.05, 0.1) is 15.5 Å². The maximum Gasteiger partial charge on any atom is 0.337 e. The Labute approximate surface area is 120 Å². The van der Waals surface area contributed by atoms with Gasteiger partial charge in [0.15, 0.2) is 0 Å². The summed E-state index contributed by atoms with van der Waals surface area (Å²) in [6.45, 7) is 0. The van der Waals surface area contributed by atoms with Crippen LogP contribution in [0, 0.1) is 0 Å². The lowest BCUT2D eigenvalue weighted by Crippen LogP contribution is -2.15. The van der Waals surface area contributed by atoms with Crippen molar-refractivity contribution in [2.75, 3.05) is 0 Å². The number of primary sulfonamides is 1. The number of hydrogen-bond donors (Lipinski definition) is 2. The van der Waals surface area contributed by atoms with Gasteiger partial charge in [0.25, 0.3) is 0 Å². The fraction of sp³-hybridized carbons (Fsp3) is 0. The van der Waals surface area contributed by atoms with Crippen LogP contribution in [0.25, 0.3) is 11.1 Å². The standard InChI is InChI=1S/C13H10ClNO4S/c14-11-6-9(8-4-2-1-3-5-8)12(20(15,18)19)7-10(11)13(16)17/h1-7H,(H,16,17)(H2,15,18,19). The van der Waals surface area contributed by atoms with Gasteiger partial charge in [-0.15, -0.1) is 0 Å². The summed E-state index contributed by atoms with van der Waals surface area (Å²) in [7, 11) is -4.08. The zero-order valence-electron chi connectivity index (χ0n) is 10.1. The molecular formula is C13H10ClNO4S. The maximum atomic E-state index is 11.7. The largest absolute Gasteiger partial charge is 0.478 e. The van der Waals surface area contributed by atoms with Gasteiger partial charge in [-0.05, 0) is 17.7 Å². The van der Waals surface area contributed by atoms with Gasteiger partial charge in [-0.25, -0.2) is 18.4 Å². The van der Waals surface area contributed by atoms with Crippen molar-refractivity contribution in [2.45, 2.75) is 4.90 Å². The number of benzene rings is 2. The maximum absolute atomic E-state index is 11.7. The third-order valence-corrected chi connectivity index (χ3v) is 3.95. The molecule has 0 unspecified atom stereocenters. The topological polar surface area (TPSA) is 97.5 Å². The Morgan fingerprint density at radius 3 is 2.25 bits per heavy atom. The van der Waals surface area contributed by atoms with E-state index in [1.165, 1.54) is 6.07 Å². The van der Waals surface area contributed by atoms with E-state index in [4.69, 9.17) is 21.8 Å². The van der Waals surface area contributed by atoms with Crippen LogP contribution in [0.1, 0.15) is 10.4 Å². The molecule has 2 aromatic carbocycles. The molecule has 5 nitrogen and oxygen atoms in total. The quantitative estimate of drug-likeness (QED) is 0.909. The molecule has 7 heteroatoms. The molecule has 0 bridgehead atoms. The van der Waals surface area contributed by atoms with Crippen LogP contribution >= 0.6 is 11.6 Å². The predicted octanol–water partition coefficient (Wildman–Crippen LogP) is 2.35. The van der Waals surface area contributed by atoms with Gasteiger partial charge >= 0.3 is 5.97 Å². The van der Waals surface area contributed by atoms with Gasteiger partial charge in [-0.3, -0.25) is 0 Å². The van der Waals surface area contributed by atoms with Crippen molar-refractivity contribution in [1.29, 1.82) is 0 Å². The second-order valence-electron chi connectivity index (χ2n) is 4.04. The first-order valence-electron chi connectivity index (χ1n) is 5.46. The highest BCUT2D eigenvalue weighted by molar-refractivity contribution is 7.89. The van der Waals surface area contributed by atoms with Crippen LogP contribution in [0.15, 0.2) is 47.4 Å². The predicted molar refractivity (Wildman–Crippen MR) is 75.2 cm³/mol. The normalized spacial score (nSPS) is 11.3. The average molecular weight is 312 g/mol. The first-order chi connectivity index (χ1) is 9.30. The van der Waals surface area contributed by atoms with Gasteiger partial charge in [0.2, 0.25) is 10.0 Å². The molecule has 0 radical (unpaired) electrons.